The maximum absolute atomic E-state index is 12.1. The van der Waals surface area contributed by atoms with Crippen molar-refractivity contribution in [2.45, 2.75) is 38.9 Å². The predicted octanol–water partition coefficient (Wildman–Crippen LogP) is 3.75. The van der Waals surface area contributed by atoms with Crippen LogP contribution in [0.25, 0.3) is 11.4 Å². The highest BCUT2D eigenvalue weighted by molar-refractivity contribution is 7.99. The van der Waals surface area contributed by atoms with Crippen molar-refractivity contribution in [2.75, 3.05) is 11.1 Å². The molecule has 0 fully saturated rings. The SMILES string of the molecule is CCCn1c(SCC(=O)Nc2nc(C)cs2)nnc1-c1ccoc1C. The highest BCUT2D eigenvalue weighted by Crippen LogP contribution is 2.27. The molecule has 0 spiro atoms. The first-order valence-electron chi connectivity index (χ1n) is 7.91. The topological polar surface area (TPSA) is 85.8 Å². The zero-order valence-corrected chi connectivity index (χ0v) is 15.9. The summed E-state index contributed by atoms with van der Waals surface area (Å²) in [6.07, 6.45) is 2.59. The molecule has 0 aromatic carbocycles. The normalized spacial score (nSPS) is 11.0. The van der Waals surface area contributed by atoms with E-state index in [4.69, 9.17) is 4.42 Å². The Morgan fingerprint density at radius 3 is 2.88 bits per heavy atom. The van der Waals surface area contributed by atoms with Gasteiger partial charge in [0.25, 0.3) is 0 Å². The molecule has 3 aromatic heterocycles. The number of thioether (sulfide) groups is 1. The zero-order chi connectivity index (χ0) is 17.8. The van der Waals surface area contributed by atoms with Gasteiger partial charge in [-0.25, -0.2) is 4.98 Å². The Morgan fingerprint density at radius 1 is 1.40 bits per heavy atom. The Morgan fingerprint density at radius 2 is 2.24 bits per heavy atom. The van der Waals surface area contributed by atoms with Gasteiger partial charge >= 0.3 is 0 Å². The average Bonchev–Trinajstić information content (AvgIpc) is 3.27. The summed E-state index contributed by atoms with van der Waals surface area (Å²) in [5.41, 5.74) is 1.83. The molecule has 3 heterocycles. The molecule has 0 aliphatic heterocycles. The predicted molar refractivity (Wildman–Crippen MR) is 99.0 cm³/mol. The summed E-state index contributed by atoms with van der Waals surface area (Å²) in [4.78, 5) is 16.3. The number of thiazole rings is 1. The number of amides is 1. The molecule has 0 radical (unpaired) electrons. The maximum Gasteiger partial charge on any atom is 0.236 e. The van der Waals surface area contributed by atoms with E-state index in [1.54, 1.807) is 6.26 Å². The molecule has 1 amide bonds. The van der Waals surface area contributed by atoms with E-state index in [0.717, 1.165) is 41.0 Å². The number of hydrogen-bond donors (Lipinski definition) is 1. The third kappa shape index (κ3) is 4.10. The minimum Gasteiger partial charge on any atom is -0.469 e. The molecule has 3 rings (SSSR count). The molecule has 0 saturated carbocycles. The van der Waals surface area contributed by atoms with Gasteiger partial charge < -0.3 is 14.3 Å². The summed E-state index contributed by atoms with van der Waals surface area (Å²) in [6.45, 7) is 6.67. The first-order chi connectivity index (χ1) is 12.1. The highest BCUT2D eigenvalue weighted by Gasteiger charge is 2.18. The van der Waals surface area contributed by atoms with Crippen LogP contribution in [-0.4, -0.2) is 31.4 Å². The van der Waals surface area contributed by atoms with Crippen molar-refractivity contribution in [1.82, 2.24) is 19.7 Å². The number of carbonyl (C=O) groups is 1. The van der Waals surface area contributed by atoms with Gasteiger partial charge in [-0.05, 0) is 26.3 Å². The Kier molecular flexibility index (Phi) is 5.54. The van der Waals surface area contributed by atoms with Crippen LogP contribution in [0.5, 0.6) is 0 Å². The van der Waals surface area contributed by atoms with Crippen molar-refractivity contribution in [1.29, 1.82) is 0 Å². The first-order valence-corrected chi connectivity index (χ1v) is 9.77. The van der Waals surface area contributed by atoms with Gasteiger partial charge in [0.2, 0.25) is 5.91 Å². The lowest BCUT2D eigenvalue weighted by Crippen LogP contribution is -2.14. The van der Waals surface area contributed by atoms with E-state index in [1.807, 2.05) is 29.9 Å². The maximum atomic E-state index is 12.1. The van der Waals surface area contributed by atoms with Crippen molar-refractivity contribution in [2.24, 2.45) is 0 Å². The number of aromatic nitrogens is 4. The number of anilines is 1. The van der Waals surface area contributed by atoms with Crippen molar-refractivity contribution in [3.05, 3.63) is 29.2 Å². The summed E-state index contributed by atoms with van der Waals surface area (Å²) in [5, 5.41) is 14.6. The van der Waals surface area contributed by atoms with E-state index < -0.39 is 0 Å². The van der Waals surface area contributed by atoms with E-state index in [9.17, 15) is 4.79 Å². The number of nitrogens with zero attached hydrogens (tertiary/aromatic N) is 4. The van der Waals surface area contributed by atoms with E-state index in [1.165, 1.54) is 23.1 Å². The summed E-state index contributed by atoms with van der Waals surface area (Å²) >= 11 is 2.79. The molecular formula is C16H19N5O2S2. The fourth-order valence-electron chi connectivity index (χ4n) is 2.33. The second kappa shape index (κ2) is 7.83. The van der Waals surface area contributed by atoms with Crippen LogP contribution < -0.4 is 5.32 Å². The van der Waals surface area contributed by atoms with Crippen molar-refractivity contribution < 1.29 is 9.21 Å². The second-order valence-electron chi connectivity index (χ2n) is 5.48. The van der Waals surface area contributed by atoms with Crippen LogP contribution in [0.15, 0.2) is 27.3 Å². The van der Waals surface area contributed by atoms with Gasteiger partial charge in [0.15, 0.2) is 16.1 Å². The van der Waals surface area contributed by atoms with Crippen LogP contribution in [0.1, 0.15) is 24.8 Å². The molecule has 0 saturated heterocycles. The molecule has 25 heavy (non-hydrogen) atoms. The van der Waals surface area contributed by atoms with Gasteiger partial charge in [-0.15, -0.1) is 21.5 Å². The molecule has 132 valence electrons. The third-order valence-electron chi connectivity index (χ3n) is 3.46. The number of carbonyl (C=O) groups excluding carboxylic acids is 1. The standard InChI is InChI=1S/C16H19N5O2S2/c1-4-6-21-14(12-5-7-23-11(12)3)19-20-16(21)25-9-13(22)18-15-17-10(2)8-24-15/h5,7-8H,4,6,9H2,1-3H3,(H,17,18,22). The minimum absolute atomic E-state index is 0.105. The van der Waals surface area contributed by atoms with Crippen LogP contribution in [-0.2, 0) is 11.3 Å². The van der Waals surface area contributed by atoms with E-state index in [0.29, 0.717) is 5.13 Å². The quantitative estimate of drug-likeness (QED) is 0.631. The molecule has 0 unspecified atom stereocenters. The molecular weight excluding hydrogens is 358 g/mol. The zero-order valence-electron chi connectivity index (χ0n) is 14.3. The number of rotatable bonds is 7. The van der Waals surface area contributed by atoms with Crippen LogP contribution in [0.4, 0.5) is 5.13 Å². The molecule has 0 aliphatic carbocycles. The molecule has 1 N–H and O–H groups in total. The smallest absolute Gasteiger partial charge is 0.236 e. The molecule has 0 aliphatic rings. The summed E-state index contributed by atoms with van der Waals surface area (Å²) in [7, 11) is 0. The Labute approximate surface area is 153 Å². The van der Waals surface area contributed by atoms with Crippen molar-refractivity contribution in [3.8, 4) is 11.4 Å². The molecule has 7 nitrogen and oxygen atoms in total. The van der Waals surface area contributed by atoms with E-state index >= 15 is 0 Å². The number of hydrogen-bond acceptors (Lipinski definition) is 7. The second-order valence-corrected chi connectivity index (χ2v) is 7.28. The van der Waals surface area contributed by atoms with Crippen molar-refractivity contribution in [3.63, 3.8) is 0 Å². The number of aryl methyl sites for hydroxylation is 2. The Balaban J connectivity index is 1.71. The van der Waals surface area contributed by atoms with Crippen LogP contribution in [0, 0.1) is 13.8 Å². The van der Waals surface area contributed by atoms with E-state index in [-0.39, 0.29) is 11.7 Å². The molecule has 0 bridgehead atoms. The van der Waals surface area contributed by atoms with Gasteiger partial charge in [0.1, 0.15) is 5.76 Å². The van der Waals surface area contributed by atoms with Gasteiger partial charge in [0.05, 0.1) is 23.3 Å². The number of furan rings is 1. The van der Waals surface area contributed by atoms with Gasteiger partial charge in [0, 0.05) is 11.9 Å². The minimum atomic E-state index is -0.105. The molecule has 0 atom stereocenters. The third-order valence-corrected chi connectivity index (χ3v) is 5.30. The largest absolute Gasteiger partial charge is 0.469 e. The summed E-state index contributed by atoms with van der Waals surface area (Å²) in [5.74, 6) is 1.72. The number of nitrogens with one attached hydrogen (secondary N) is 1. The van der Waals surface area contributed by atoms with Gasteiger partial charge in [-0.3, -0.25) is 4.79 Å². The molecule has 9 heteroatoms. The van der Waals surface area contributed by atoms with Crippen molar-refractivity contribution >= 4 is 34.1 Å². The lowest BCUT2D eigenvalue weighted by Gasteiger charge is -2.08. The Bertz CT molecular complexity index is 868. The highest BCUT2D eigenvalue weighted by atomic mass is 32.2. The lowest BCUT2D eigenvalue weighted by atomic mass is 10.2. The Hall–Kier alpha value is -2.13. The van der Waals surface area contributed by atoms with Crippen LogP contribution >= 0.6 is 23.1 Å². The van der Waals surface area contributed by atoms with E-state index in [2.05, 4.69) is 27.4 Å². The first kappa shape index (κ1) is 17.7. The summed E-state index contributed by atoms with van der Waals surface area (Å²) in [6, 6.07) is 1.89. The van der Waals surface area contributed by atoms with Crippen LogP contribution in [0.3, 0.4) is 0 Å². The monoisotopic (exact) mass is 377 g/mol. The van der Waals surface area contributed by atoms with Gasteiger partial charge in [-0.2, -0.15) is 0 Å². The van der Waals surface area contributed by atoms with Crippen LogP contribution in [0.2, 0.25) is 0 Å². The average molecular weight is 377 g/mol. The van der Waals surface area contributed by atoms with Gasteiger partial charge in [-0.1, -0.05) is 18.7 Å². The fourth-order valence-corrected chi connectivity index (χ4v) is 3.80. The summed E-state index contributed by atoms with van der Waals surface area (Å²) < 4.78 is 7.40. The fraction of sp³-hybridized carbons (Fsp3) is 0.375. The molecule has 3 aromatic rings. The lowest BCUT2D eigenvalue weighted by molar-refractivity contribution is -0.113.